The molecule has 22 heavy (non-hydrogen) atoms. The zero-order valence-electron chi connectivity index (χ0n) is 12.5. The van der Waals surface area contributed by atoms with Gasteiger partial charge >= 0.3 is 0 Å². The van der Waals surface area contributed by atoms with E-state index in [1.807, 2.05) is 25.1 Å². The molecule has 1 fully saturated rings. The van der Waals surface area contributed by atoms with Crippen LogP contribution >= 0.6 is 0 Å². The smallest absolute Gasteiger partial charge is 0.242 e. The van der Waals surface area contributed by atoms with E-state index in [1.54, 1.807) is 12.1 Å². The van der Waals surface area contributed by atoms with Gasteiger partial charge in [-0.2, -0.15) is 0 Å². The minimum atomic E-state index is -3.64. The van der Waals surface area contributed by atoms with Crippen LogP contribution in [0, 0.1) is 12.8 Å². The molecule has 0 saturated heterocycles. The number of aliphatic hydroxyl groups excluding tert-OH is 1. The summed E-state index contributed by atoms with van der Waals surface area (Å²) in [5.74, 6) is -0.000512. The fourth-order valence-corrected chi connectivity index (χ4v) is 4.25. The molecule has 2 atom stereocenters. The Balaban J connectivity index is 1.90. The van der Waals surface area contributed by atoms with E-state index in [1.165, 1.54) is 0 Å². The molecule has 5 nitrogen and oxygen atoms in total. The maximum atomic E-state index is 12.6. The van der Waals surface area contributed by atoms with Crippen molar-refractivity contribution in [2.45, 2.75) is 37.2 Å². The van der Waals surface area contributed by atoms with Crippen LogP contribution in [-0.2, 0) is 10.0 Å². The second kappa shape index (κ2) is 5.95. The normalized spacial score (nSPS) is 22.3. The first-order chi connectivity index (χ1) is 10.5. The molecule has 3 rings (SSSR count). The number of pyridine rings is 1. The highest BCUT2D eigenvalue weighted by atomic mass is 32.2. The number of aliphatic hydroxyl groups is 1. The maximum Gasteiger partial charge on any atom is 0.242 e. The van der Waals surface area contributed by atoms with Crippen LogP contribution in [0.5, 0.6) is 0 Å². The number of nitrogens with one attached hydrogen (secondary N) is 1. The minimum absolute atomic E-state index is 0.000512. The van der Waals surface area contributed by atoms with E-state index in [0.717, 1.165) is 30.3 Å². The van der Waals surface area contributed by atoms with Crippen LogP contribution in [0.4, 0.5) is 0 Å². The SMILES string of the molecule is Cc1ccc2cccc(S(=O)(=O)NC[C@@H]3CCC[C@@H]3O)c2n1. The summed E-state index contributed by atoms with van der Waals surface area (Å²) in [6.45, 7) is 2.11. The molecule has 1 aromatic heterocycles. The monoisotopic (exact) mass is 320 g/mol. The van der Waals surface area contributed by atoms with Gasteiger partial charge in [-0.25, -0.2) is 13.1 Å². The number of hydrogen-bond donors (Lipinski definition) is 2. The second-order valence-corrected chi connectivity index (χ2v) is 7.63. The lowest BCUT2D eigenvalue weighted by Crippen LogP contribution is -2.32. The van der Waals surface area contributed by atoms with Crippen LogP contribution in [0.1, 0.15) is 25.0 Å². The average Bonchev–Trinajstić information content (AvgIpc) is 2.90. The van der Waals surface area contributed by atoms with E-state index >= 15 is 0 Å². The third-order valence-corrected chi connectivity index (χ3v) is 5.72. The molecule has 2 N–H and O–H groups in total. The van der Waals surface area contributed by atoms with Crippen molar-refractivity contribution in [3.05, 3.63) is 36.0 Å². The van der Waals surface area contributed by atoms with Crippen molar-refractivity contribution in [1.29, 1.82) is 0 Å². The van der Waals surface area contributed by atoms with E-state index in [-0.39, 0.29) is 17.4 Å². The summed E-state index contributed by atoms with van der Waals surface area (Å²) in [7, 11) is -3.64. The first kappa shape index (κ1) is 15.4. The lowest BCUT2D eigenvalue weighted by Gasteiger charge is -2.16. The number of hydrogen-bond acceptors (Lipinski definition) is 4. The summed E-state index contributed by atoms with van der Waals surface area (Å²) in [4.78, 5) is 4.56. The fourth-order valence-electron chi connectivity index (χ4n) is 2.98. The Morgan fingerprint density at radius 3 is 2.82 bits per heavy atom. The number of aryl methyl sites for hydroxylation is 1. The zero-order valence-corrected chi connectivity index (χ0v) is 13.3. The Hall–Kier alpha value is -1.50. The molecular weight excluding hydrogens is 300 g/mol. The molecule has 0 bridgehead atoms. The number of benzene rings is 1. The number of fused-ring (bicyclic) bond motifs is 1. The summed E-state index contributed by atoms with van der Waals surface area (Å²) in [5, 5.41) is 10.6. The van der Waals surface area contributed by atoms with Gasteiger partial charge in [-0.15, -0.1) is 0 Å². The number of sulfonamides is 1. The Bertz CT molecular complexity index is 789. The molecule has 118 valence electrons. The first-order valence-electron chi connectivity index (χ1n) is 7.51. The number of para-hydroxylation sites is 1. The van der Waals surface area contributed by atoms with Crippen molar-refractivity contribution >= 4 is 20.9 Å². The molecule has 2 aromatic rings. The maximum absolute atomic E-state index is 12.6. The molecule has 0 radical (unpaired) electrons. The Morgan fingerprint density at radius 1 is 1.27 bits per heavy atom. The zero-order chi connectivity index (χ0) is 15.7. The van der Waals surface area contributed by atoms with Gasteiger partial charge in [-0.3, -0.25) is 4.98 Å². The molecule has 0 spiro atoms. The Morgan fingerprint density at radius 2 is 2.09 bits per heavy atom. The summed E-state index contributed by atoms with van der Waals surface area (Å²) < 4.78 is 27.8. The summed E-state index contributed by atoms with van der Waals surface area (Å²) in [5.41, 5.74) is 1.27. The molecule has 1 aliphatic rings. The number of rotatable bonds is 4. The van der Waals surface area contributed by atoms with Crippen LogP contribution in [0.15, 0.2) is 35.2 Å². The predicted octanol–water partition coefficient (Wildman–Crippen LogP) is 1.98. The average molecular weight is 320 g/mol. The molecule has 0 amide bonds. The van der Waals surface area contributed by atoms with Crippen molar-refractivity contribution in [2.24, 2.45) is 5.92 Å². The van der Waals surface area contributed by atoms with Crippen molar-refractivity contribution in [2.75, 3.05) is 6.54 Å². The Labute approximate surface area is 130 Å². The molecule has 1 saturated carbocycles. The molecule has 0 unspecified atom stereocenters. The van der Waals surface area contributed by atoms with Gasteiger partial charge < -0.3 is 5.11 Å². The lowest BCUT2D eigenvalue weighted by molar-refractivity contribution is 0.134. The van der Waals surface area contributed by atoms with Crippen molar-refractivity contribution in [1.82, 2.24) is 9.71 Å². The van der Waals surface area contributed by atoms with Crippen LogP contribution < -0.4 is 4.72 Å². The second-order valence-electron chi connectivity index (χ2n) is 5.89. The van der Waals surface area contributed by atoms with Crippen molar-refractivity contribution in [3.63, 3.8) is 0 Å². The van der Waals surface area contributed by atoms with E-state index in [4.69, 9.17) is 0 Å². The third kappa shape index (κ3) is 2.99. The lowest BCUT2D eigenvalue weighted by atomic mass is 10.1. The van der Waals surface area contributed by atoms with Gasteiger partial charge in [0.25, 0.3) is 0 Å². The number of aromatic nitrogens is 1. The van der Waals surface area contributed by atoms with Crippen LogP contribution in [0.2, 0.25) is 0 Å². The topological polar surface area (TPSA) is 79.3 Å². The summed E-state index contributed by atoms with van der Waals surface area (Å²) >= 11 is 0. The molecule has 1 heterocycles. The van der Waals surface area contributed by atoms with Gasteiger partial charge in [0, 0.05) is 17.6 Å². The van der Waals surface area contributed by atoms with Gasteiger partial charge in [0.15, 0.2) is 0 Å². The minimum Gasteiger partial charge on any atom is -0.393 e. The predicted molar refractivity (Wildman–Crippen MR) is 85.0 cm³/mol. The quantitative estimate of drug-likeness (QED) is 0.903. The highest BCUT2D eigenvalue weighted by molar-refractivity contribution is 7.89. The van der Waals surface area contributed by atoms with Gasteiger partial charge in [0.1, 0.15) is 4.90 Å². The van der Waals surface area contributed by atoms with E-state index < -0.39 is 16.1 Å². The number of nitrogens with zero attached hydrogens (tertiary/aromatic N) is 1. The highest BCUT2D eigenvalue weighted by Crippen LogP contribution is 2.26. The van der Waals surface area contributed by atoms with Crippen molar-refractivity contribution < 1.29 is 13.5 Å². The molecule has 1 aromatic carbocycles. The van der Waals surface area contributed by atoms with Crippen LogP contribution in [0.3, 0.4) is 0 Å². The van der Waals surface area contributed by atoms with Gasteiger partial charge in [0.2, 0.25) is 10.0 Å². The van der Waals surface area contributed by atoms with E-state index in [2.05, 4.69) is 9.71 Å². The summed E-state index contributed by atoms with van der Waals surface area (Å²) in [6, 6.07) is 8.88. The van der Waals surface area contributed by atoms with Gasteiger partial charge in [-0.05, 0) is 37.8 Å². The highest BCUT2D eigenvalue weighted by Gasteiger charge is 2.27. The molecule has 1 aliphatic carbocycles. The van der Waals surface area contributed by atoms with E-state index in [0.29, 0.717) is 5.52 Å². The summed E-state index contributed by atoms with van der Waals surface area (Å²) in [6.07, 6.45) is 2.15. The first-order valence-corrected chi connectivity index (χ1v) is 9.00. The van der Waals surface area contributed by atoms with E-state index in [9.17, 15) is 13.5 Å². The molecule has 0 aliphatic heterocycles. The third-order valence-electron chi connectivity index (χ3n) is 4.27. The fraction of sp³-hybridized carbons (Fsp3) is 0.438. The van der Waals surface area contributed by atoms with Crippen LogP contribution in [-0.4, -0.2) is 31.2 Å². The molecule has 6 heteroatoms. The van der Waals surface area contributed by atoms with Gasteiger partial charge in [-0.1, -0.05) is 24.6 Å². The largest absolute Gasteiger partial charge is 0.393 e. The van der Waals surface area contributed by atoms with Gasteiger partial charge in [0.05, 0.1) is 11.6 Å². The molecular formula is C16H20N2O3S. The Kier molecular flexibility index (Phi) is 4.16. The standard InChI is InChI=1S/C16H20N2O3S/c1-11-8-9-12-4-3-7-15(16(12)18-11)22(20,21)17-10-13-5-2-6-14(13)19/h3-4,7-9,13-14,17,19H,2,5-6,10H2,1H3/t13-,14-/m0/s1. The van der Waals surface area contributed by atoms with Crippen LogP contribution in [0.25, 0.3) is 10.9 Å². The van der Waals surface area contributed by atoms with Crippen molar-refractivity contribution in [3.8, 4) is 0 Å².